The molecule has 3 rings (SSSR count). The zero-order valence-electron chi connectivity index (χ0n) is 14.4. The van der Waals surface area contributed by atoms with Crippen LogP contribution in [-0.4, -0.2) is 50.2 Å². The number of hydrogen-bond donors (Lipinski definition) is 0. The molecule has 0 N–H and O–H groups in total. The molecule has 1 aromatic carbocycles. The van der Waals surface area contributed by atoms with Crippen molar-refractivity contribution in [1.82, 2.24) is 9.97 Å². The molecular weight excluding hydrogens is 300 g/mol. The Bertz CT molecular complexity index is 756. The molecule has 0 bridgehead atoms. The van der Waals surface area contributed by atoms with E-state index in [1.165, 1.54) is 0 Å². The fraction of sp³-hybridized carbons (Fsp3) is 0.389. The third-order valence-electron chi connectivity index (χ3n) is 4.21. The Balaban J connectivity index is 1.75. The monoisotopic (exact) mass is 322 g/mol. The lowest BCUT2D eigenvalue weighted by molar-refractivity contribution is 0.638. The predicted molar refractivity (Wildman–Crippen MR) is 96.7 cm³/mol. The van der Waals surface area contributed by atoms with E-state index in [0.717, 1.165) is 54.9 Å². The van der Waals surface area contributed by atoms with E-state index in [2.05, 4.69) is 25.8 Å². The van der Waals surface area contributed by atoms with Gasteiger partial charge in [-0.1, -0.05) is 12.1 Å². The minimum atomic E-state index is 0.729. The molecule has 0 spiro atoms. The smallest absolute Gasteiger partial charge is 0.227 e. The molecular formula is C18H22N6. The van der Waals surface area contributed by atoms with Crippen LogP contribution >= 0.6 is 0 Å². The van der Waals surface area contributed by atoms with E-state index in [0.29, 0.717) is 0 Å². The molecule has 0 atom stereocenters. The van der Waals surface area contributed by atoms with Gasteiger partial charge >= 0.3 is 0 Å². The normalized spacial score (nSPS) is 14.4. The number of piperazine rings is 1. The van der Waals surface area contributed by atoms with Gasteiger partial charge in [0.1, 0.15) is 11.9 Å². The number of nitrogens with zero attached hydrogens (tertiary/aromatic N) is 6. The van der Waals surface area contributed by atoms with Gasteiger partial charge in [-0.25, -0.2) is 4.98 Å². The molecule has 0 aliphatic carbocycles. The number of para-hydroxylation sites is 1. The van der Waals surface area contributed by atoms with Gasteiger partial charge in [-0.15, -0.1) is 0 Å². The topological polar surface area (TPSA) is 59.3 Å². The van der Waals surface area contributed by atoms with Gasteiger partial charge in [-0.05, 0) is 19.1 Å². The summed E-state index contributed by atoms with van der Waals surface area (Å²) in [7, 11) is 3.98. The zero-order valence-corrected chi connectivity index (χ0v) is 14.4. The minimum Gasteiger partial charge on any atom is -0.367 e. The number of aryl methyl sites for hydroxylation is 1. The van der Waals surface area contributed by atoms with E-state index in [-0.39, 0.29) is 0 Å². The van der Waals surface area contributed by atoms with Crippen molar-refractivity contribution < 1.29 is 0 Å². The summed E-state index contributed by atoms with van der Waals surface area (Å²) in [6.07, 6.45) is 0. The molecule has 1 fully saturated rings. The summed E-state index contributed by atoms with van der Waals surface area (Å²) in [6, 6.07) is 12.0. The second-order valence-corrected chi connectivity index (χ2v) is 6.17. The number of aromatic nitrogens is 2. The highest BCUT2D eigenvalue weighted by molar-refractivity contribution is 5.60. The Kier molecular flexibility index (Phi) is 4.52. The number of benzene rings is 1. The lowest BCUT2D eigenvalue weighted by Gasteiger charge is -2.36. The van der Waals surface area contributed by atoms with Crippen LogP contribution in [0.4, 0.5) is 17.5 Å². The summed E-state index contributed by atoms with van der Waals surface area (Å²) in [4.78, 5) is 15.7. The highest BCUT2D eigenvalue weighted by Crippen LogP contribution is 2.23. The highest BCUT2D eigenvalue weighted by Gasteiger charge is 2.21. The fourth-order valence-corrected chi connectivity index (χ4v) is 2.90. The lowest BCUT2D eigenvalue weighted by Crippen LogP contribution is -2.47. The maximum atomic E-state index is 9.28. The van der Waals surface area contributed by atoms with Gasteiger partial charge in [0.2, 0.25) is 5.95 Å². The van der Waals surface area contributed by atoms with Crippen molar-refractivity contribution in [1.29, 1.82) is 5.26 Å². The Morgan fingerprint density at radius 3 is 2.38 bits per heavy atom. The van der Waals surface area contributed by atoms with Crippen molar-refractivity contribution in [2.75, 3.05) is 55.0 Å². The van der Waals surface area contributed by atoms with E-state index in [1.54, 1.807) is 0 Å². The minimum absolute atomic E-state index is 0.729. The van der Waals surface area contributed by atoms with E-state index in [1.807, 2.05) is 56.3 Å². The van der Waals surface area contributed by atoms with Crippen molar-refractivity contribution in [2.45, 2.75) is 6.92 Å². The second-order valence-electron chi connectivity index (χ2n) is 6.17. The molecule has 1 aliphatic rings. The first-order chi connectivity index (χ1) is 11.6. The predicted octanol–water partition coefficient (Wildman–Crippen LogP) is 2.05. The summed E-state index contributed by atoms with van der Waals surface area (Å²) in [5.41, 5.74) is 2.72. The van der Waals surface area contributed by atoms with Gasteiger partial charge < -0.3 is 14.7 Å². The third-order valence-corrected chi connectivity index (χ3v) is 4.21. The van der Waals surface area contributed by atoms with Crippen molar-refractivity contribution in [3.63, 3.8) is 0 Å². The van der Waals surface area contributed by atoms with Gasteiger partial charge in [-0.3, -0.25) is 0 Å². The average Bonchev–Trinajstić information content (AvgIpc) is 2.61. The molecule has 1 aromatic heterocycles. The molecule has 0 unspecified atom stereocenters. The Morgan fingerprint density at radius 1 is 1.04 bits per heavy atom. The van der Waals surface area contributed by atoms with Gasteiger partial charge in [0.05, 0.1) is 11.3 Å². The molecule has 0 saturated carbocycles. The quantitative estimate of drug-likeness (QED) is 0.862. The summed E-state index contributed by atoms with van der Waals surface area (Å²) < 4.78 is 0. The first-order valence-electron chi connectivity index (χ1n) is 8.10. The van der Waals surface area contributed by atoms with Gasteiger partial charge in [0, 0.05) is 52.0 Å². The average molecular weight is 322 g/mol. The van der Waals surface area contributed by atoms with Crippen molar-refractivity contribution in [3.05, 3.63) is 41.6 Å². The molecule has 1 saturated heterocycles. The third kappa shape index (κ3) is 3.25. The first kappa shape index (κ1) is 16.1. The molecule has 0 radical (unpaired) electrons. The molecule has 2 heterocycles. The summed E-state index contributed by atoms with van der Waals surface area (Å²) in [5.74, 6) is 1.71. The Hall–Kier alpha value is -2.81. The van der Waals surface area contributed by atoms with Gasteiger partial charge in [-0.2, -0.15) is 10.2 Å². The van der Waals surface area contributed by atoms with Crippen LogP contribution in [0.5, 0.6) is 0 Å². The molecule has 6 nitrogen and oxygen atoms in total. The Labute approximate surface area is 143 Å². The van der Waals surface area contributed by atoms with Crippen molar-refractivity contribution in [3.8, 4) is 6.07 Å². The molecule has 0 amide bonds. The standard InChI is InChI=1S/C18H22N6/c1-14-12-17(22(2)3)21-18(20-14)24-10-8-23(9-11-24)16-7-5-4-6-15(16)13-19/h4-7,12H,8-11H2,1-3H3. The fourth-order valence-electron chi connectivity index (χ4n) is 2.90. The number of hydrogen-bond acceptors (Lipinski definition) is 6. The zero-order chi connectivity index (χ0) is 17.1. The van der Waals surface area contributed by atoms with Crippen LogP contribution in [-0.2, 0) is 0 Å². The van der Waals surface area contributed by atoms with E-state index in [4.69, 9.17) is 0 Å². The molecule has 1 aliphatic heterocycles. The summed E-state index contributed by atoms with van der Waals surface area (Å²) in [5, 5.41) is 9.28. The van der Waals surface area contributed by atoms with Crippen LogP contribution < -0.4 is 14.7 Å². The second kappa shape index (κ2) is 6.75. The molecule has 2 aromatic rings. The lowest BCUT2D eigenvalue weighted by atomic mass is 10.1. The summed E-state index contributed by atoms with van der Waals surface area (Å²) >= 11 is 0. The SMILES string of the molecule is Cc1cc(N(C)C)nc(N2CCN(c3ccccc3C#N)CC2)n1. The van der Waals surface area contributed by atoms with Crippen molar-refractivity contribution in [2.24, 2.45) is 0 Å². The van der Waals surface area contributed by atoms with E-state index < -0.39 is 0 Å². The maximum absolute atomic E-state index is 9.28. The molecule has 24 heavy (non-hydrogen) atoms. The van der Waals surface area contributed by atoms with Gasteiger partial charge in [0.15, 0.2) is 0 Å². The van der Waals surface area contributed by atoms with Crippen LogP contribution in [0, 0.1) is 18.3 Å². The van der Waals surface area contributed by atoms with Crippen LogP contribution in [0.25, 0.3) is 0 Å². The molecule has 124 valence electrons. The first-order valence-corrected chi connectivity index (χ1v) is 8.10. The number of rotatable bonds is 3. The largest absolute Gasteiger partial charge is 0.367 e. The van der Waals surface area contributed by atoms with Crippen LogP contribution in [0.3, 0.4) is 0 Å². The van der Waals surface area contributed by atoms with E-state index >= 15 is 0 Å². The maximum Gasteiger partial charge on any atom is 0.227 e. The van der Waals surface area contributed by atoms with Crippen LogP contribution in [0.2, 0.25) is 0 Å². The van der Waals surface area contributed by atoms with Crippen LogP contribution in [0.1, 0.15) is 11.3 Å². The number of nitriles is 1. The van der Waals surface area contributed by atoms with Crippen LogP contribution in [0.15, 0.2) is 30.3 Å². The van der Waals surface area contributed by atoms with E-state index in [9.17, 15) is 5.26 Å². The Morgan fingerprint density at radius 2 is 1.71 bits per heavy atom. The molecule has 6 heteroatoms. The van der Waals surface area contributed by atoms with Crippen molar-refractivity contribution >= 4 is 17.5 Å². The highest BCUT2D eigenvalue weighted by atomic mass is 15.3. The summed E-state index contributed by atoms with van der Waals surface area (Å²) in [6.45, 7) is 5.39. The van der Waals surface area contributed by atoms with Gasteiger partial charge in [0.25, 0.3) is 0 Å². The number of anilines is 3.